The van der Waals surface area contributed by atoms with E-state index < -0.39 is 0 Å². The van der Waals surface area contributed by atoms with Crippen LogP contribution in [0.5, 0.6) is 0 Å². The lowest BCUT2D eigenvalue weighted by Crippen LogP contribution is -2.45. The molecule has 1 atom stereocenters. The quantitative estimate of drug-likeness (QED) is 0.886. The summed E-state index contributed by atoms with van der Waals surface area (Å²) in [6.07, 6.45) is 2.54. The number of nitrogens with zero attached hydrogens (tertiary/aromatic N) is 3. The van der Waals surface area contributed by atoms with Gasteiger partial charge in [0.2, 0.25) is 0 Å². The molecule has 0 spiro atoms. The normalized spacial score (nSPS) is 21.2. The molecule has 1 aromatic rings. The number of rotatable bonds is 3. The predicted octanol–water partition coefficient (Wildman–Crippen LogP) is 1.44. The molecule has 1 aliphatic heterocycles. The first kappa shape index (κ1) is 12.8. The van der Waals surface area contributed by atoms with Crippen LogP contribution in [-0.4, -0.2) is 43.1 Å². The lowest BCUT2D eigenvalue weighted by molar-refractivity contribution is 0.258. The van der Waals surface area contributed by atoms with Gasteiger partial charge in [-0.05, 0) is 33.9 Å². The first-order valence-electron chi connectivity index (χ1n) is 6.19. The molecule has 0 bridgehead atoms. The number of nitrogens with two attached hydrogens (primary N) is 1. The number of anilines is 1. The van der Waals surface area contributed by atoms with Gasteiger partial charge in [-0.2, -0.15) is 0 Å². The molecule has 17 heavy (non-hydrogen) atoms. The smallest absolute Gasteiger partial charge is 0.185 e. The summed E-state index contributed by atoms with van der Waals surface area (Å²) in [5, 5.41) is 1.15. The van der Waals surface area contributed by atoms with Crippen molar-refractivity contribution in [3.63, 3.8) is 0 Å². The molecule has 4 nitrogen and oxygen atoms in total. The van der Waals surface area contributed by atoms with Crippen LogP contribution >= 0.6 is 11.3 Å². The van der Waals surface area contributed by atoms with E-state index >= 15 is 0 Å². The second-order valence-electron chi connectivity index (χ2n) is 4.91. The van der Waals surface area contributed by atoms with Crippen molar-refractivity contribution in [3.05, 3.63) is 10.6 Å². The molecule has 2 heterocycles. The van der Waals surface area contributed by atoms with E-state index in [0.717, 1.165) is 23.9 Å². The summed E-state index contributed by atoms with van der Waals surface area (Å²) < 4.78 is 0. The van der Waals surface area contributed by atoms with Gasteiger partial charge < -0.3 is 15.5 Å². The standard InChI is InChI=1S/C12H22N4S/c1-9-11(7-13)17-12(14-9)16-6-4-5-10(8-16)15(2)3/h10H,4-8,13H2,1-3H3. The topological polar surface area (TPSA) is 45.4 Å². The van der Waals surface area contributed by atoms with E-state index in [4.69, 9.17) is 5.73 Å². The van der Waals surface area contributed by atoms with Gasteiger partial charge in [-0.3, -0.25) is 0 Å². The summed E-state index contributed by atoms with van der Waals surface area (Å²) in [4.78, 5) is 10.6. The highest BCUT2D eigenvalue weighted by Gasteiger charge is 2.23. The zero-order chi connectivity index (χ0) is 12.4. The number of hydrogen-bond donors (Lipinski definition) is 1. The molecule has 1 fully saturated rings. The Balaban J connectivity index is 2.10. The molecule has 96 valence electrons. The zero-order valence-corrected chi connectivity index (χ0v) is 11.8. The Kier molecular flexibility index (Phi) is 4.01. The first-order valence-corrected chi connectivity index (χ1v) is 7.01. The van der Waals surface area contributed by atoms with Crippen LogP contribution in [0, 0.1) is 6.92 Å². The Labute approximate surface area is 107 Å². The van der Waals surface area contributed by atoms with Gasteiger partial charge >= 0.3 is 0 Å². The number of piperidine rings is 1. The Hall–Kier alpha value is -0.650. The molecule has 1 saturated heterocycles. The Morgan fingerprint density at radius 2 is 2.29 bits per heavy atom. The fourth-order valence-corrected chi connectivity index (χ4v) is 3.26. The van der Waals surface area contributed by atoms with Crippen molar-refractivity contribution in [1.29, 1.82) is 0 Å². The lowest BCUT2D eigenvalue weighted by atomic mass is 10.1. The number of hydrogen-bond acceptors (Lipinski definition) is 5. The van der Waals surface area contributed by atoms with Crippen molar-refractivity contribution >= 4 is 16.5 Å². The molecule has 0 radical (unpaired) electrons. The average molecular weight is 254 g/mol. The highest BCUT2D eigenvalue weighted by Crippen LogP contribution is 2.28. The highest BCUT2D eigenvalue weighted by atomic mass is 32.1. The second kappa shape index (κ2) is 5.33. The Morgan fingerprint density at radius 1 is 1.53 bits per heavy atom. The van der Waals surface area contributed by atoms with Crippen LogP contribution in [0.3, 0.4) is 0 Å². The van der Waals surface area contributed by atoms with E-state index in [0.29, 0.717) is 12.6 Å². The van der Waals surface area contributed by atoms with Gasteiger partial charge in [0.1, 0.15) is 0 Å². The molecule has 1 aromatic heterocycles. The molecule has 0 saturated carbocycles. The molecular weight excluding hydrogens is 232 g/mol. The minimum atomic E-state index is 0.606. The number of aryl methyl sites for hydroxylation is 1. The van der Waals surface area contributed by atoms with Crippen LogP contribution in [0.2, 0.25) is 0 Å². The third kappa shape index (κ3) is 2.78. The summed E-state index contributed by atoms with van der Waals surface area (Å²) in [6, 6.07) is 0.647. The van der Waals surface area contributed by atoms with E-state index in [2.05, 4.69) is 35.8 Å². The van der Waals surface area contributed by atoms with Gasteiger partial charge in [0.25, 0.3) is 0 Å². The van der Waals surface area contributed by atoms with Crippen molar-refractivity contribution in [1.82, 2.24) is 9.88 Å². The summed E-state index contributed by atoms with van der Waals surface area (Å²) in [5.74, 6) is 0. The molecule has 0 aromatic carbocycles. The van der Waals surface area contributed by atoms with Crippen LogP contribution in [0.25, 0.3) is 0 Å². The fourth-order valence-electron chi connectivity index (χ4n) is 2.29. The molecule has 0 aliphatic carbocycles. The minimum absolute atomic E-state index is 0.606. The molecule has 2 rings (SSSR count). The van der Waals surface area contributed by atoms with Crippen LogP contribution in [-0.2, 0) is 6.54 Å². The fraction of sp³-hybridized carbons (Fsp3) is 0.750. The Morgan fingerprint density at radius 3 is 2.88 bits per heavy atom. The summed E-state index contributed by atoms with van der Waals surface area (Å²) in [5.41, 5.74) is 6.81. The van der Waals surface area contributed by atoms with Gasteiger partial charge in [-0.1, -0.05) is 0 Å². The minimum Gasteiger partial charge on any atom is -0.347 e. The number of thiazole rings is 1. The monoisotopic (exact) mass is 254 g/mol. The van der Waals surface area contributed by atoms with Gasteiger partial charge in [0.05, 0.1) is 5.69 Å². The van der Waals surface area contributed by atoms with Gasteiger partial charge in [-0.25, -0.2) is 4.98 Å². The zero-order valence-electron chi connectivity index (χ0n) is 10.9. The summed E-state index contributed by atoms with van der Waals surface area (Å²) in [6.45, 7) is 4.87. The third-order valence-corrected chi connectivity index (χ3v) is 4.70. The largest absolute Gasteiger partial charge is 0.347 e. The molecule has 2 N–H and O–H groups in total. The number of likely N-dealkylation sites (N-methyl/N-ethyl adjacent to an activating group) is 1. The van der Waals surface area contributed by atoms with E-state index in [9.17, 15) is 0 Å². The second-order valence-corrected chi connectivity index (χ2v) is 5.98. The van der Waals surface area contributed by atoms with E-state index in [1.54, 1.807) is 11.3 Å². The molecule has 5 heteroatoms. The maximum Gasteiger partial charge on any atom is 0.185 e. The van der Waals surface area contributed by atoms with Gasteiger partial charge in [0, 0.05) is 30.6 Å². The highest BCUT2D eigenvalue weighted by molar-refractivity contribution is 7.15. The number of aromatic nitrogens is 1. The van der Waals surface area contributed by atoms with Crippen LogP contribution in [0.1, 0.15) is 23.4 Å². The van der Waals surface area contributed by atoms with E-state index in [1.165, 1.54) is 17.7 Å². The van der Waals surface area contributed by atoms with E-state index in [1.807, 2.05) is 0 Å². The first-order chi connectivity index (χ1) is 8.11. The third-order valence-electron chi connectivity index (χ3n) is 3.46. The summed E-state index contributed by atoms with van der Waals surface area (Å²) >= 11 is 1.75. The molecule has 1 unspecified atom stereocenters. The van der Waals surface area contributed by atoms with E-state index in [-0.39, 0.29) is 0 Å². The predicted molar refractivity (Wildman–Crippen MR) is 73.7 cm³/mol. The van der Waals surface area contributed by atoms with Crippen molar-refractivity contribution in [2.75, 3.05) is 32.1 Å². The lowest BCUT2D eigenvalue weighted by Gasteiger charge is -2.35. The van der Waals surface area contributed by atoms with Crippen molar-refractivity contribution < 1.29 is 0 Å². The van der Waals surface area contributed by atoms with Gasteiger partial charge in [0.15, 0.2) is 5.13 Å². The maximum absolute atomic E-state index is 5.71. The van der Waals surface area contributed by atoms with Crippen molar-refractivity contribution in [2.24, 2.45) is 5.73 Å². The van der Waals surface area contributed by atoms with Crippen molar-refractivity contribution in [3.8, 4) is 0 Å². The average Bonchev–Trinajstić information content (AvgIpc) is 2.71. The van der Waals surface area contributed by atoms with Crippen molar-refractivity contribution in [2.45, 2.75) is 32.4 Å². The molecule has 1 aliphatic rings. The van der Waals surface area contributed by atoms with Gasteiger partial charge in [-0.15, -0.1) is 11.3 Å². The summed E-state index contributed by atoms with van der Waals surface area (Å²) in [7, 11) is 4.32. The van der Waals surface area contributed by atoms with Crippen LogP contribution in [0.15, 0.2) is 0 Å². The van der Waals surface area contributed by atoms with Crippen LogP contribution in [0.4, 0.5) is 5.13 Å². The maximum atomic E-state index is 5.71. The Bertz CT molecular complexity index is 375. The van der Waals surface area contributed by atoms with Crippen LogP contribution < -0.4 is 10.6 Å². The molecule has 0 amide bonds. The molecular formula is C12H22N4S. The SMILES string of the molecule is Cc1nc(N2CCCC(N(C)C)C2)sc1CN.